The summed E-state index contributed by atoms with van der Waals surface area (Å²) in [6.45, 7) is 2.06. The lowest BCUT2D eigenvalue weighted by Crippen LogP contribution is -2.52. The number of hydrogen-bond acceptors (Lipinski definition) is 3. The number of amides is 1. The van der Waals surface area contributed by atoms with Crippen LogP contribution in [0.1, 0.15) is 24.0 Å². The minimum absolute atomic E-state index is 0.0847. The summed E-state index contributed by atoms with van der Waals surface area (Å²) in [5, 5.41) is 9.11. The van der Waals surface area contributed by atoms with Gasteiger partial charge in [-0.1, -0.05) is 24.3 Å². The second kappa shape index (κ2) is 5.85. The van der Waals surface area contributed by atoms with Crippen LogP contribution in [0.4, 0.5) is 0 Å². The Morgan fingerprint density at radius 2 is 1.81 bits per heavy atom. The van der Waals surface area contributed by atoms with Crippen molar-refractivity contribution in [1.82, 2.24) is 9.80 Å². The second-order valence-corrected chi connectivity index (χ2v) is 5.82. The van der Waals surface area contributed by atoms with Crippen LogP contribution in [0.2, 0.25) is 0 Å². The maximum atomic E-state index is 12.7. The van der Waals surface area contributed by atoms with Gasteiger partial charge >= 0.3 is 5.97 Å². The van der Waals surface area contributed by atoms with Gasteiger partial charge in [-0.3, -0.25) is 14.5 Å². The van der Waals surface area contributed by atoms with Crippen LogP contribution in [0.15, 0.2) is 24.3 Å². The van der Waals surface area contributed by atoms with E-state index in [1.165, 1.54) is 0 Å². The van der Waals surface area contributed by atoms with Gasteiger partial charge in [0, 0.05) is 19.6 Å². The summed E-state index contributed by atoms with van der Waals surface area (Å²) in [5.74, 6) is -0.795. The van der Waals surface area contributed by atoms with Crippen molar-refractivity contribution in [3.63, 3.8) is 0 Å². The average molecular weight is 288 g/mol. The van der Waals surface area contributed by atoms with E-state index in [0.717, 1.165) is 37.1 Å². The molecule has 3 rings (SSSR count). The Labute approximate surface area is 124 Å². The number of nitrogens with zero attached hydrogens (tertiary/aromatic N) is 2. The molecule has 0 saturated carbocycles. The van der Waals surface area contributed by atoms with Crippen molar-refractivity contribution in [3.8, 4) is 0 Å². The van der Waals surface area contributed by atoms with E-state index in [9.17, 15) is 9.59 Å². The van der Waals surface area contributed by atoms with E-state index < -0.39 is 5.97 Å². The smallest absolute Gasteiger partial charge is 0.317 e. The lowest BCUT2D eigenvalue weighted by atomic mass is 9.93. The van der Waals surface area contributed by atoms with Gasteiger partial charge in [0.1, 0.15) is 0 Å². The molecule has 5 heteroatoms. The van der Waals surface area contributed by atoms with Crippen LogP contribution in [0.5, 0.6) is 0 Å². The van der Waals surface area contributed by atoms with E-state index in [0.29, 0.717) is 13.0 Å². The normalized spacial score (nSPS) is 22.1. The van der Waals surface area contributed by atoms with Gasteiger partial charge < -0.3 is 10.0 Å². The third-order valence-corrected chi connectivity index (χ3v) is 4.39. The number of carbonyl (C=O) groups excluding carboxylic acids is 1. The van der Waals surface area contributed by atoms with Crippen LogP contribution in [0.3, 0.4) is 0 Å². The van der Waals surface area contributed by atoms with Crippen LogP contribution in [-0.2, 0) is 22.6 Å². The summed E-state index contributed by atoms with van der Waals surface area (Å²) in [6, 6.07) is 7.65. The highest BCUT2D eigenvalue weighted by molar-refractivity contribution is 5.83. The fraction of sp³-hybridized carbons (Fsp3) is 0.500. The van der Waals surface area contributed by atoms with Crippen LogP contribution in [0.25, 0.3) is 0 Å². The molecule has 1 atom stereocenters. The summed E-state index contributed by atoms with van der Waals surface area (Å²) in [5.41, 5.74) is 2.29. The molecule has 2 aliphatic rings. The van der Waals surface area contributed by atoms with E-state index >= 15 is 0 Å². The molecule has 1 aromatic rings. The molecule has 1 unspecified atom stereocenters. The van der Waals surface area contributed by atoms with Crippen molar-refractivity contribution in [1.29, 1.82) is 0 Å². The second-order valence-electron chi connectivity index (χ2n) is 5.82. The van der Waals surface area contributed by atoms with Crippen LogP contribution < -0.4 is 0 Å². The first-order valence-electron chi connectivity index (χ1n) is 7.46. The zero-order chi connectivity index (χ0) is 14.8. The average Bonchev–Trinajstić information content (AvgIpc) is 2.99. The van der Waals surface area contributed by atoms with Crippen molar-refractivity contribution < 1.29 is 14.7 Å². The lowest BCUT2D eigenvalue weighted by Gasteiger charge is -2.36. The fourth-order valence-corrected chi connectivity index (χ4v) is 3.31. The number of aliphatic carboxylic acids is 1. The number of carboxylic acids is 1. The van der Waals surface area contributed by atoms with E-state index in [4.69, 9.17) is 5.11 Å². The molecule has 112 valence electrons. The van der Waals surface area contributed by atoms with E-state index in [2.05, 4.69) is 0 Å². The Hall–Kier alpha value is -1.88. The molecule has 1 N–H and O–H groups in total. The van der Waals surface area contributed by atoms with Gasteiger partial charge in [0.05, 0.1) is 12.6 Å². The van der Waals surface area contributed by atoms with Gasteiger partial charge in [-0.15, -0.1) is 0 Å². The maximum absolute atomic E-state index is 12.7. The maximum Gasteiger partial charge on any atom is 0.317 e. The number of likely N-dealkylation sites (tertiary alicyclic amines) is 1. The molecular formula is C16H20N2O3. The Morgan fingerprint density at radius 3 is 2.48 bits per heavy atom. The third-order valence-electron chi connectivity index (χ3n) is 4.39. The lowest BCUT2D eigenvalue weighted by molar-refractivity contribution is -0.143. The number of carbonyl (C=O) groups is 2. The Kier molecular flexibility index (Phi) is 3.92. The fourth-order valence-electron chi connectivity index (χ4n) is 3.31. The monoisotopic (exact) mass is 288 g/mol. The Morgan fingerprint density at radius 1 is 1.14 bits per heavy atom. The first kappa shape index (κ1) is 14.1. The molecule has 0 aromatic heterocycles. The van der Waals surface area contributed by atoms with E-state index in [-0.39, 0.29) is 18.5 Å². The zero-order valence-electron chi connectivity index (χ0n) is 12.0. The van der Waals surface area contributed by atoms with E-state index in [1.807, 2.05) is 29.2 Å². The van der Waals surface area contributed by atoms with Gasteiger partial charge in [-0.25, -0.2) is 0 Å². The minimum atomic E-state index is -0.881. The quantitative estimate of drug-likeness (QED) is 0.905. The molecule has 0 spiro atoms. The van der Waals surface area contributed by atoms with Gasteiger partial charge in [-0.05, 0) is 30.4 Å². The molecule has 1 saturated heterocycles. The summed E-state index contributed by atoms with van der Waals surface area (Å²) < 4.78 is 0. The van der Waals surface area contributed by atoms with Gasteiger partial charge in [0.2, 0.25) is 5.91 Å². The highest BCUT2D eigenvalue weighted by Gasteiger charge is 2.35. The first-order chi connectivity index (χ1) is 10.1. The minimum Gasteiger partial charge on any atom is -0.480 e. The molecule has 0 radical (unpaired) electrons. The van der Waals surface area contributed by atoms with E-state index in [1.54, 1.807) is 4.90 Å². The predicted octanol–water partition coefficient (Wildman–Crippen LogP) is 1.12. The molecule has 1 amide bonds. The molecule has 1 fully saturated rings. The van der Waals surface area contributed by atoms with Crippen LogP contribution >= 0.6 is 0 Å². The highest BCUT2D eigenvalue weighted by atomic mass is 16.4. The first-order valence-corrected chi connectivity index (χ1v) is 7.46. The van der Waals surface area contributed by atoms with Crippen LogP contribution in [0, 0.1) is 0 Å². The molecule has 0 bridgehead atoms. The summed E-state index contributed by atoms with van der Waals surface area (Å²) >= 11 is 0. The number of hydrogen-bond donors (Lipinski definition) is 1. The van der Waals surface area contributed by atoms with Crippen molar-refractivity contribution in [2.75, 3.05) is 19.6 Å². The highest BCUT2D eigenvalue weighted by Crippen LogP contribution is 2.25. The van der Waals surface area contributed by atoms with Gasteiger partial charge in [0.25, 0.3) is 0 Å². The summed E-state index contributed by atoms with van der Waals surface area (Å²) in [4.78, 5) is 27.5. The van der Waals surface area contributed by atoms with Crippen LogP contribution in [-0.4, -0.2) is 52.5 Å². The van der Waals surface area contributed by atoms with Gasteiger partial charge in [0.15, 0.2) is 0 Å². The number of fused-ring (bicyclic) bond motifs is 1. The van der Waals surface area contributed by atoms with Crippen molar-refractivity contribution in [2.45, 2.75) is 31.8 Å². The SMILES string of the molecule is O=C(O)CN1Cc2ccccc2CC1C(=O)N1CCCC1. The molecule has 0 aliphatic carbocycles. The number of benzene rings is 1. The third kappa shape index (κ3) is 2.93. The topological polar surface area (TPSA) is 60.9 Å². The largest absolute Gasteiger partial charge is 0.480 e. The van der Waals surface area contributed by atoms with Crippen molar-refractivity contribution >= 4 is 11.9 Å². The molecule has 5 nitrogen and oxygen atoms in total. The predicted molar refractivity (Wildman–Crippen MR) is 77.8 cm³/mol. The number of carboxylic acid groups (broad SMARTS) is 1. The molecular weight excluding hydrogens is 268 g/mol. The standard InChI is InChI=1S/C16H20N2O3/c19-15(20)11-18-10-13-6-2-1-5-12(13)9-14(18)16(21)17-7-3-4-8-17/h1-2,5-6,14H,3-4,7-11H2,(H,19,20). The molecule has 1 aromatic carbocycles. The Bertz CT molecular complexity index is 552. The van der Waals surface area contributed by atoms with Gasteiger partial charge in [-0.2, -0.15) is 0 Å². The number of rotatable bonds is 3. The molecule has 2 aliphatic heterocycles. The summed E-state index contributed by atoms with van der Waals surface area (Å²) in [6.07, 6.45) is 2.71. The Balaban J connectivity index is 1.84. The van der Waals surface area contributed by atoms with Crippen molar-refractivity contribution in [3.05, 3.63) is 35.4 Å². The summed E-state index contributed by atoms with van der Waals surface area (Å²) in [7, 11) is 0. The molecule has 21 heavy (non-hydrogen) atoms. The zero-order valence-corrected chi connectivity index (χ0v) is 12.0. The van der Waals surface area contributed by atoms with Crippen molar-refractivity contribution in [2.24, 2.45) is 0 Å². The molecule has 2 heterocycles.